The van der Waals surface area contributed by atoms with Crippen molar-refractivity contribution >= 4 is 44.7 Å². The fourth-order valence-electron chi connectivity index (χ4n) is 3.44. The maximum atomic E-state index is 13.8. The van der Waals surface area contributed by atoms with Crippen molar-refractivity contribution in [2.45, 2.75) is 25.8 Å². The summed E-state index contributed by atoms with van der Waals surface area (Å²) < 4.78 is 37.1. The maximum Gasteiger partial charge on any atom is 0.293 e. The van der Waals surface area contributed by atoms with Crippen LogP contribution in [0.15, 0.2) is 29.2 Å². The van der Waals surface area contributed by atoms with Gasteiger partial charge < -0.3 is 4.90 Å². The minimum absolute atomic E-state index is 0.0560. The number of hydrogen-bond acceptors (Lipinski definition) is 6. The topological polar surface area (TPSA) is 91.8 Å². The average molecular weight is 441 g/mol. The van der Waals surface area contributed by atoms with Crippen LogP contribution in [0.5, 0.6) is 0 Å². The molecular formula is C19H21FN2O5S2. The molecule has 156 valence electrons. The van der Waals surface area contributed by atoms with Gasteiger partial charge in [-0.1, -0.05) is 18.2 Å². The first-order valence-electron chi connectivity index (χ1n) is 9.21. The summed E-state index contributed by atoms with van der Waals surface area (Å²) in [7, 11) is -3.13. The summed E-state index contributed by atoms with van der Waals surface area (Å²) in [6, 6.07) is 5.55. The highest BCUT2D eigenvalue weighted by Crippen LogP contribution is 2.32. The van der Waals surface area contributed by atoms with Crippen LogP contribution in [-0.2, 0) is 19.4 Å². The normalized spacial score (nSPS) is 22.5. The molecule has 3 rings (SSSR count). The number of carbonyl (C=O) groups is 3. The van der Waals surface area contributed by atoms with Crippen molar-refractivity contribution in [2.75, 3.05) is 24.6 Å². The fraction of sp³-hybridized carbons (Fsp3) is 0.421. The van der Waals surface area contributed by atoms with Gasteiger partial charge in [0.15, 0.2) is 9.84 Å². The Hall–Kier alpha value is -2.20. The molecule has 7 nitrogen and oxygen atoms in total. The molecule has 0 N–H and O–H groups in total. The van der Waals surface area contributed by atoms with Gasteiger partial charge in [-0.3, -0.25) is 19.3 Å². The smallest absolute Gasteiger partial charge is 0.293 e. The highest BCUT2D eigenvalue weighted by molar-refractivity contribution is 8.18. The number of carbonyl (C=O) groups excluding carboxylic acids is 3. The molecule has 0 aliphatic carbocycles. The number of rotatable bonds is 6. The zero-order valence-electron chi connectivity index (χ0n) is 15.8. The van der Waals surface area contributed by atoms with E-state index in [4.69, 9.17) is 0 Å². The summed E-state index contributed by atoms with van der Waals surface area (Å²) >= 11 is 0.704. The molecule has 1 atom stereocenters. The molecule has 3 amide bonds. The molecule has 2 saturated heterocycles. The molecule has 1 aromatic carbocycles. The van der Waals surface area contributed by atoms with Crippen molar-refractivity contribution in [1.29, 1.82) is 0 Å². The van der Waals surface area contributed by atoms with Crippen LogP contribution < -0.4 is 0 Å². The highest BCUT2D eigenvalue weighted by Gasteiger charge is 2.37. The van der Waals surface area contributed by atoms with E-state index in [1.54, 1.807) is 13.0 Å². The molecule has 29 heavy (non-hydrogen) atoms. The van der Waals surface area contributed by atoms with E-state index in [-0.39, 0.29) is 46.9 Å². The van der Waals surface area contributed by atoms with Gasteiger partial charge in [-0.25, -0.2) is 12.8 Å². The van der Waals surface area contributed by atoms with E-state index in [0.29, 0.717) is 24.7 Å². The van der Waals surface area contributed by atoms with E-state index in [0.717, 1.165) is 4.90 Å². The third-order valence-corrected chi connectivity index (χ3v) is 7.58. The number of imide groups is 1. The van der Waals surface area contributed by atoms with Crippen LogP contribution in [0.3, 0.4) is 0 Å². The first kappa shape index (κ1) is 21.5. The number of nitrogens with zero attached hydrogens (tertiary/aromatic N) is 2. The Labute approximate surface area is 172 Å². The average Bonchev–Trinajstić information content (AvgIpc) is 3.15. The molecule has 0 bridgehead atoms. The van der Waals surface area contributed by atoms with Crippen molar-refractivity contribution < 1.29 is 27.2 Å². The summed E-state index contributed by atoms with van der Waals surface area (Å²) in [5.41, 5.74) is 0.202. The van der Waals surface area contributed by atoms with Gasteiger partial charge in [-0.2, -0.15) is 0 Å². The zero-order chi connectivity index (χ0) is 21.2. The molecule has 2 aliphatic heterocycles. The molecule has 0 saturated carbocycles. The van der Waals surface area contributed by atoms with Crippen LogP contribution >= 0.6 is 11.8 Å². The van der Waals surface area contributed by atoms with Gasteiger partial charge in [-0.15, -0.1) is 0 Å². The standard InChI is InChI=1S/C19H21FN2O5S2/c1-2-21(14-8-10-29(26,27)12-14)17(23)7-9-22-18(24)16(28-19(22)25)11-13-5-3-4-6-15(13)20/h3-6,11,14H,2,7-10,12H2,1H3/b16-11-/t14-/m0/s1. The number of hydrogen-bond donors (Lipinski definition) is 0. The van der Waals surface area contributed by atoms with E-state index >= 15 is 0 Å². The Bertz CT molecular complexity index is 977. The third kappa shape index (κ3) is 4.87. The van der Waals surface area contributed by atoms with Gasteiger partial charge in [0.05, 0.1) is 16.4 Å². The predicted octanol–water partition coefficient (Wildman–Crippen LogP) is 2.29. The lowest BCUT2D eigenvalue weighted by Gasteiger charge is -2.27. The summed E-state index contributed by atoms with van der Waals surface area (Å²) in [6.07, 6.45) is 1.63. The molecule has 0 aromatic heterocycles. The van der Waals surface area contributed by atoms with Gasteiger partial charge in [-0.05, 0) is 37.2 Å². The Kier molecular flexibility index (Phi) is 6.42. The first-order chi connectivity index (χ1) is 13.7. The van der Waals surface area contributed by atoms with Crippen LogP contribution in [0.4, 0.5) is 9.18 Å². The van der Waals surface area contributed by atoms with Crippen LogP contribution in [0.2, 0.25) is 0 Å². The lowest BCUT2D eigenvalue weighted by Crippen LogP contribution is -2.42. The molecule has 0 unspecified atom stereocenters. The lowest BCUT2D eigenvalue weighted by atomic mass is 10.2. The fourth-order valence-corrected chi connectivity index (χ4v) is 6.02. The van der Waals surface area contributed by atoms with Crippen molar-refractivity contribution in [3.8, 4) is 0 Å². The quantitative estimate of drug-likeness (QED) is 0.631. The van der Waals surface area contributed by atoms with E-state index in [1.165, 1.54) is 29.2 Å². The second-order valence-electron chi connectivity index (χ2n) is 6.84. The van der Waals surface area contributed by atoms with Gasteiger partial charge in [0.25, 0.3) is 11.1 Å². The second-order valence-corrected chi connectivity index (χ2v) is 10.1. The summed E-state index contributed by atoms with van der Waals surface area (Å²) in [6.45, 7) is 2.02. The number of halogens is 1. The number of amides is 3. The summed E-state index contributed by atoms with van der Waals surface area (Å²) in [5.74, 6) is -1.36. The maximum absolute atomic E-state index is 13.8. The van der Waals surface area contributed by atoms with Gasteiger partial charge >= 0.3 is 0 Å². The van der Waals surface area contributed by atoms with Crippen molar-refractivity contribution in [3.05, 3.63) is 40.6 Å². The molecule has 10 heteroatoms. The van der Waals surface area contributed by atoms with Gasteiger partial charge in [0, 0.05) is 31.1 Å². The number of thioether (sulfide) groups is 1. The van der Waals surface area contributed by atoms with Gasteiger partial charge in [0.1, 0.15) is 5.82 Å². The Morgan fingerprint density at radius 3 is 2.69 bits per heavy atom. The molecule has 2 fully saturated rings. The van der Waals surface area contributed by atoms with E-state index in [9.17, 15) is 27.2 Å². The number of benzene rings is 1. The molecule has 0 spiro atoms. The Morgan fingerprint density at radius 1 is 1.34 bits per heavy atom. The first-order valence-corrected chi connectivity index (χ1v) is 11.9. The zero-order valence-corrected chi connectivity index (χ0v) is 17.5. The molecule has 1 aromatic rings. The SMILES string of the molecule is CCN(C(=O)CCN1C(=O)S/C(=C\c2ccccc2F)C1=O)[C@H]1CCS(=O)(=O)C1. The van der Waals surface area contributed by atoms with E-state index < -0.39 is 26.8 Å². The minimum atomic E-state index is -3.13. The summed E-state index contributed by atoms with van der Waals surface area (Å²) in [4.78, 5) is 39.8. The van der Waals surface area contributed by atoms with Crippen LogP contribution in [-0.4, -0.2) is 65.9 Å². The van der Waals surface area contributed by atoms with E-state index in [2.05, 4.69) is 0 Å². The summed E-state index contributed by atoms with van der Waals surface area (Å²) in [5, 5.41) is -0.517. The van der Waals surface area contributed by atoms with Crippen LogP contribution in [0.1, 0.15) is 25.3 Å². The molecular weight excluding hydrogens is 419 g/mol. The van der Waals surface area contributed by atoms with E-state index in [1.807, 2.05) is 0 Å². The van der Waals surface area contributed by atoms with Crippen LogP contribution in [0.25, 0.3) is 6.08 Å². The highest BCUT2D eigenvalue weighted by atomic mass is 32.2. The largest absolute Gasteiger partial charge is 0.339 e. The predicted molar refractivity (Wildman–Crippen MR) is 108 cm³/mol. The Balaban J connectivity index is 1.64. The van der Waals surface area contributed by atoms with Crippen molar-refractivity contribution in [2.24, 2.45) is 0 Å². The molecule has 0 radical (unpaired) electrons. The van der Waals surface area contributed by atoms with Crippen molar-refractivity contribution in [3.63, 3.8) is 0 Å². The molecule has 2 heterocycles. The third-order valence-electron chi connectivity index (χ3n) is 4.92. The Morgan fingerprint density at radius 2 is 2.07 bits per heavy atom. The minimum Gasteiger partial charge on any atom is -0.339 e. The number of sulfone groups is 1. The van der Waals surface area contributed by atoms with Gasteiger partial charge in [0.2, 0.25) is 5.91 Å². The molecule has 2 aliphatic rings. The second kappa shape index (κ2) is 8.66. The lowest BCUT2D eigenvalue weighted by molar-refractivity contribution is -0.133. The van der Waals surface area contributed by atoms with Crippen molar-refractivity contribution in [1.82, 2.24) is 9.80 Å². The van der Waals surface area contributed by atoms with Crippen LogP contribution in [0, 0.1) is 5.82 Å². The monoisotopic (exact) mass is 440 g/mol.